The lowest BCUT2D eigenvalue weighted by Gasteiger charge is -2.27. The van der Waals surface area contributed by atoms with Gasteiger partial charge in [0.2, 0.25) is 23.7 Å². The molecule has 2 aliphatic rings. The maximum absolute atomic E-state index is 14.0. The molecule has 4 unspecified atom stereocenters. The predicted molar refractivity (Wildman–Crippen MR) is 372 cm³/mol. The lowest BCUT2D eigenvalue weighted by molar-refractivity contribution is -0.149. The van der Waals surface area contributed by atoms with E-state index in [1.165, 1.54) is 35.6 Å². The molecule has 0 amide bonds. The van der Waals surface area contributed by atoms with Crippen molar-refractivity contribution in [3.05, 3.63) is 84.4 Å². The normalized spacial score (nSPS) is 22.0. The van der Waals surface area contributed by atoms with Crippen LogP contribution in [0.15, 0.2) is 73.3 Å². The number of fused-ring (bicyclic) bond motifs is 2. The van der Waals surface area contributed by atoms with Crippen molar-refractivity contribution in [1.29, 1.82) is 0 Å². The molecule has 2 fully saturated rings. The van der Waals surface area contributed by atoms with Crippen LogP contribution in [0.3, 0.4) is 0 Å². The number of nitrogen functional groups attached to an aromatic ring is 2. The highest BCUT2D eigenvalue weighted by molar-refractivity contribution is 8.14. The van der Waals surface area contributed by atoms with Gasteiger partial charge in [0.25, 0.3) is 0 Å². The van der Waals surface area contributed by atoms with E-state index in [2.05, 4.69) is 40.1 Å². The summed E-state index contributed by atoms with van der Waals surface area (Å²) in [5.74, 6) is -0.293. The number of hydrogen-bond donors (Lipinski definition) is 8. The van der Waals surface area contributed by atoms with Crippen molar-refractivity contribution in [2.24, 2.45) is 10.8 Å². The van der Waals surface area contributed by atoms with E-state index >= 15 is 0 Å². The second-order valence-corrected chi connectivity index (χ2v) is 30.9. The first-order valence-electron chi connectivity index (χ1n) is 32.8. The number of unbranched alkanes of at least 4 members (excludes halogenated alkanes) is 2. The lowest BCUT2D eigenvalue weighted by atomic mass is 9.96. The maximum Gasteiger partial charge on any atom is 0.405 e. The minimum Gasteiger partial charge on any atom is -0.476 e. The van der Waals surface area contributed by atoms with Gasteiger partial charge in [0.1, 0.15) is 48.8 Å². The molecule has 6 aromatic rings. The second-order valence-electron chi connectivity index (χ2n) is 25.1. The summed E-state index contributed by atoms with van der Waals surface area (Å²) < 4.78 is 87.5. The molecule has 2 saturated heterocycles. The number of aliphatic hydroxyl groups is 4. The first-order chi connectivity index (χ1) is 47.4. The maximum atomic E-state index is 14.0. The Morgan fingerprint density at radius 3 is 1.38 bits per heavy atom. The Kier molecular flexibility index (Phi) is 29.7. The van der Waals surface area contributed by atoms with E-state index in [0.29, 0.717) is 26.1 Å². The molecule has 100 heavy (non-hydrogen) atoms. The summed E-state index contributed by atoms with van der Waals surface area (Å²) in [5.41, 5.74) is 8.76. The van der Waals surface area contributed by atoms with Crippen LogP contribution in [0, 0.1) is 10.8 Å². The molecule has 10 N–H and O–H groups in total. The van der Waals surface area contributed by atoms with Crippen molar-refractivity contribution in [3.8, 4) is 11.8 Å². The Morgan fingerprint density at radius 2 is 1.00 bits per heavy atom. The molecule has 0 radical (unpaired) electrons. The molecule has 2 aliphatic heterocycles. The molecule has 0 aliphatic carbocycles. The average Bonchev–Trinajstić information content (AvgIpc) is 1.60. The Morgan fingerprint density at radius 1 is 0.600 bits per heavy atom. The summed E-state index contributed by atoms with van der Waals surface area (Å²) in [6, 6.07) is 18.3. The smallest absolute Gasteiger partial charge is 0.405 e. The molecule has 2 aromatic carbocycles. The van der Waals surface area contributed by atoms with Gasteiger partial charge in [-0.05, 0) is 79.4 Å². The number of benzene rings is 2. The summed E-state index contributed by atoms with van der Waals surface area (Å²) in [4.78, 5) is 74.8. The summed E-state index contributed by atoms with van der Waals surface area (Å²) in [7, 11) is -8.14. The molecule has 8 rings (SSSR count). The molecule has 552 valence electrons. The highest BCUT2D eigenvalue weighted by Crippen LogP contribution is 2.49. The molecule has 10 atom stereocenters. The van der Waals surface area contributed by atoms with Crippen LogP contribution in [0.4, 0.5) is 11.9 Å². The number of esters is 2. The van der Waals surface area contributed by atoms with Gasteiger partial charge in [0.05, 0.1) is 63.1 Å². The van der Waals surface area contributed by atoms with E-state index in [4.69, 9.17) is 58.0 Å². The van der Waals surface area contributed by atoms with Crippen LogP contribution in [-0.2, 0) is 78.4 Å². The minimum atomic E-state index is -4.07. The Balaban J connectivity index is 0.000000281. The number of carbonyl (C=O) groups excluding carboxylic acids is 4. The zero-order valence-electron chi connectivity index (χ0n) is 57.9. The van der Waals surface area contributed by atoms with Crippen molar-refractivity contribution < 1.29 is 95.3 Å². The van der Waals surface area contributed by atoms with E-state index in [0.717, 1.165) is 53.9 Å². The summed E-state index contributed by atoms with van der Waals surface area (Å²) in [5, 5.41) is 50.2. The first-order valence-corrected chi connectivity index (χ1v) is 37.9. The zero-order valence-corrected chi connectivity index (χ0v) is 61.3. The van der Waals surface area contributed by atoms with Crippen LogP contribution in [-0.4, -0.2) is 182 Å². The third-order valence-electron chi connectivity index (χ3n) is 15.7. The molecule has 36 heteroatoms. The third-order valence-corrected chi connectivity index (χ3v) is 21.2. The minimum absolute atomic E-state index is 0.0533. The molecule has 0 spiro atoms. The predicted octanol–water partition coefficient (Wildman–Crippen LogP) is 7.53. The van der Waals surface area contributed by atoms with Crippen molar-refractivity contribution >= 4 is 95.4 Å². The van der Waals surface area contributed by atoms with Crippen LogP contribution < -0.4 is 31.1 Å². The average molecular weight is 1480 g/mol. The standard InChI is InChI=1S/C33H49N6O10PS.C31H45N6O10PS/c1-6-8-10-15-24(40)46-20-32(3,4)30(42)51-17-16-47-50(44,36-18-22-13-11-9-12-14-22)48-19-23-26(41)33(5,43)29(49-23)39-21-35-25-27(39)37-31(34)38-28(25)45-7-2;1-6-11-22(38)44-18-30(3,4)28(40)49-15-14-45-48(42,34-16-20-12-9-8-10-13-20)46-17-21-24(39)31(5,41)27(47-21)37-19-33-23-25(37)35-29(32)36-26(23)43-7-2/h9,11-14,21,23,26,29,41,43H,6-8,10,15-20H2,1-5H3,(H,36,44)(H2,34,37,38);8-10,12-13,19,21,24,27,39,41H,6-7,11,14-18H2,1-5H3,(H,34,42)(H2,32,35,36)/t23?,26-,29-,33-,50?;21?,24-,27-,31-,48?/m11/s1. The third kappa shape index (κ3) is 21.9. The van der Waals surface area contributed by atoms with Crippen LogP contribution in [0.2, 0.25) is 0 Å². The Bertz CT molecular complexity index is 3760. The topological polar surface area (TPSA) is 439 Å². The molecule has 0 bridgehead atoms. The monoisotopic (exact) mass is 1480 g/mol. The van der Waals surface area contributed by atoms with E-state index < -0.39 is 87.6 Å². The summed E-state index contributed by atoms with van der Waals surface area (Å²) in [6.07, 6.45) is -1.10. The molecular weight excluding hydrogens is 1380 g/mol. The number of aromatic nitrogens is 8. The van der Waals surface area contributed by atoms with Crippen LogP contribution in [0.1, 0.15) is 131 Å². The number of nitrogens with zero attached hydrogens (tertiary/aromatic N) is 8. The number of anilines is 2. The van der Waals surface area contributed by atoms with Gasteiger partial charge < -0.3 is 60.3 Å². The fourth-order valence-electron chi connectivity index (χ4n) is 10.0. The zero-order chi connectivity index (χ0) is 73.1. The quantitative estimate of drug-likeness (QED) is 0.0105. The number of aliphatic hydroxyl groups excluding tert-OH is 2. The van der Waals surface area contributed by atoms with Gasteiger partial charge in [-0.3, -0.25) is 46.4 Å². The molecule has 32 nitrogen and oxygen atoms in total. The summed E-state index contributed by atoms with van der Waals surface area (Å²) in [6.45, 7) is 16.6. The van der Waals surface area contributed by atoms with Crippen molar-refractivity contribution in [1.82, 2.24) is 49.2 Å². The van der Waals surface area contributed by atoms with Gasteiger partial charge in [-0.2, -0.15) is 19.9 Å². The fraction of sp³-hybridized carbons (Fsp3) is 0.594. The van der Waals surface area contributed by atoms with Gasteiger partial charge >= 0.3 is 27.4 Å². The number of imidazole rings is 2. The Hall–Kier alpha value is -6.30. The highest BCUT2D eigenvalue weighted by atomic mass is 32.2. The van der Waals surface area contributed by atoms with Crippen LogP contribution in [0.25, 0.3) is 22.3 Å². The van der Waals surface area contributed by atoms with Gasteiger partial charge in [-0.25, -0.2) is 29.3 Å². The number of carbonyl (C=O) groups is 4. The SMILES string of the molecule is CCCC(=O)OCC(C)(C)C(=O)SCCOP(=O)(NCc1ccccc1)OCC1O[C@@H](n2cnc3c(OCC)nc(N)nc32)[C@](C)(O)[C@@H]1O.CCCCCC(=O)OCC(C)(C)C(=O)SCCOP(=O)(NCc1ccccc1)OCC1O[C@@H](n2cnc3c(OCC)nc(N)nc32)[C@](C)(O)[C@@H]1O. The second kappa shape index (κ2) is 36.7. The molecular formula is C64H94N12O20P2S2. The van der Waals surface area contributed by atoms with Gasteiger partial charge in [-0.1, -0.05) is 111 Å². The molecule has 4 aromatic heterocycles. The number of hydrogen-bond acceptors (Lipinski definition) is 30. The van der Waals surface area contributed by atoms with Gasteiger partial charge in [-0.15, -0.1) is 0 Å². The number of thioether (sulfide) groups is 2. The van der Waals surface area contributed by atoms with Crippen molar-refractivity contribution in [2.75, 3.05) is 75.8 Å². The van der Waals surface area contributed by atoms with Gasteiger partial charge in [0, 0.05) is 37.4 Å². The van der Waals surface area contributed by atoms with E-state index in [-0.39, 0.29) is 126 Å². The van der Waals surface area contributed by atoms with Crippen molar-refractivity contribution in [2.45, 2.75) is 169 Å². The van der Waals surface area contributed by atoms with Crippen LogP contribution in [0.5, 0.6) is 11.8 Å². The lowest BCUT2D eigenvalue weighted by Crippen LogP contribution is -2.44. The largest absolute Gasteiger partial charge is 0.476 e. The van der Waals surface area contributed by atoms with E-state index in [1.807, 2.05) is 74.5 Å². The molecule has 6 heterocycles. The van der Waals surface area contributed by atoms with E-state index in [1.54, 1.807) is 41.5 Å². The number of nitrogens with one attached hydrogen (secondary N) is 2. The van der Waals surface area contributed by atoms with Gasteiger partial charge in [0.15, 0.2) is 45.0 Å². The van der Waals surface area contributed by atoms with Crippen LogP contribution >= 0.6 is 39.0 Å². The summed E-state index contributed by atoms with van der Waals surface area (Å²) >= 11 is 1.92. The fourth-order valence-corrected chi connectivity index (χ4v) is 14.5. The van der Waals surface area contributed by atoms with Crippen molar-refractivity contribution in [3.63, 3.8) is 0 Å². The molecule has 0 saturated carbocycles. The first kappa shape index (κ1) is 81.0. The Labute approximate surface area is 588 Å². The van der Waals surface area contributed by atoms with E-state index in [9.17, 15) is 48.7 Å². The number of nitrogens with two attached hydrogens (primary N) is 2. The number of ether oxygens (including phenoxy) is 6. The highest BCUT2D eigenvalue weighted by Gasteiger charge is 2.56. The number of rotatable bonds is 38.